The summed E-state index contributed by atoms with van der Waals surface area (Å²) in [7, 11) is 0. The minimum absolute atomic E-state index is 0.153. The van der Waals surface area contributed by atoms with Crippen LogP contribution in [0.2, 0.25) is 0 Å². The van der Waals surface area contributed by atoms with Crippen molar-refractivity contribution in [3.05, 3.63) is 45.7 Å². The van der Waals surface area contributed by atoms with E-state index in [1.54, 1.807) is 39.8 Å². The Kier molecular flexibility index (Phi) is 6.95. The number of ether oxygens (including phenoxy) is 2. The Morgan fingerprint density at radius 3 is 2.37 bits per heavy atom. The van der Waals surface area contributed by atoms with Crippen molar-refractivity contribution >= 4 is 40.3 Å². The topological polar surface area (TPSA) is 94.8 Å². The fourth-order valence-corrected chi connectivity index (χ4v) is 3.39. The van der Waals surface area contributed by atoms with Gasteiger partial charge in [-0.25, -0.2) is 9.59 Å². The average molecular weight is 391 g/mol. The lowest BCUT2D eigenvalue weighted by Crippen LogP contribution is -2.12. The van der Waals surface area contributed by atoms with Crippen LogP contribution in [0.3, 0.4) is 0 Å². The lowest BCUT2D eigenvalue weighted by atomic mass is 10.1. The van der Waals surface area contributed by atoms with Gasteiger partial charge < -0.3 is 19.2 Å². The van der Waals surface area contributed by atoms with Crippen LogP contribution in [0.4, 0.5) is 5.00 Å². The van der Waals surface area contributed by atoms with E-state index < -0.39 is 17.8 Å². The second-order valence-corrected chi connectivity index (χ2v) is 6.49. The number of carbonyl (C=O) groups excluding carboxylic acids is 3. The highest BCUT2D eigenvalue weighted by atomic mass is 32.1. The predicted octanol–water partition coefficient (Wildman–Crippen LogP) is 3.96. The van der Waals surface area contributed by atoms with Gasteiger partial charge in [0.2, 0.25) is 5.91 Å². The molecule has 27 heavy (non-hydrogen) atoms. The molecule has 2 heterocycles. The lowest BCUT2D eigenvalue weighted by Gasteiger charge is -2.05. The highest BCUT2D eigenvalue weighted by molar-refractivity contribution is 7.18. The molecule has 0 unspecified atom stereocenters. The molecule has 2 rings (SSSR count). The standard InChI is InChI=1S/C19H21NO6S/c1-5-24-18(22)15-12(4)16(19(23)25-6-2)27-17(15)20-14(21)10-9-13-8-7-11(3)26-13/h7-10H,5-6H2,1-4H3,(H,20,21)/b10-9+. The monoisotopic (exact) mass is 391 g/mol. The van der Waals surface area contributed by atoms with E-state index in [1.807, 2.05) is 0 Å². The minimum Gasteiger partial charge on any atom is -0.462 e. The first-order valence-corrected chi connectivity index (χ1v) is 9.22. The van der Waals surface area contributed by atoms with Crippen LogP contribution in [0, 0.1) is 13.8 Å². The second-order valence-electron chi connectivity index (χ2n) is 5.47. The van der Waals surface area contributed by atoms with Gasteiger partial charge in [-0.2, -0.15) is 0 Å². The first-order valence-electron chi connectivity index (χ1n) is 8.40. The van der Waals surface area contributed by atoms with E-state index in [9.17, 15) is 14.4 Å². The van der Waals surface area contributed by atoms with Crippen molar-refractivity contribution in [3.63, 3.8) is 0 Å². The number of carbonyl (C=O) groups is 3. The Bertz CT molecular complexity index is 877. The maximum Gasteiger partial charge on any atom is 0.348 e. The van der Waals surface area contributed by atoms with Gasteiger partial charge in [-0.15, -0.1) is 11.3 Å². The van der Waals surface area contributed by atoms with E-state index in [2.05, 4.69) is 5.32 Å². The minimum atomic E-state index is -0.609. The Balaban J connectivity index is 2.28. The number of furan rings is 1. The molecule has 0 radical (unpaired) electrons. The third-order valence-corrected chi connectivity index (χ3v) is 4.67. The molecule has 0 saturated carbocycles. The molecule has 0 aliphatic rings. The molecule has 0 atom stereocenters. The Morgan fingerprint density at radius 2 is 1.78 bits per heavy atom. The first kappa shape index (κ1) is 20.4. The van der Waals surface area contributed by atoms with Crippen LogP contribution in [0.15, 0.2) is 22.6 Å². The number of nitrogens with one attached hydrogen (secondary N) is 1. The molecule has 0 spiro atoms. The van der Waals surface area contributed by atoms with Crippen molar-refractivity contribution in [1.82, 2.24) is 0 Å². The smallest absolute Gasteiger partial charge is 0.348 e. The van der Waals surface area contributed by atoms with Crippen LogP contribution >= 0.6 is 11.3 Å². The van der Waals surface area contributed by atoms with Gasteiger partial charge >= 0.3 is 11.9 Å². The highest BCUT2D eigenvalue weighted by Crippen LogP contribution is 2.34. The van der Waals surface area contributed by atoms with Crippen LogP contribution in [0.25, 0.3) is 6.08 Å². The number of anilines is 1. The van der Waals surface area contributed by atoms with Gasteiger partial charge in [-0.05, 0) is 51.5 Å². The van der Waals surface area contributed by atoms with E-state index >= 15 is 0 Å². The van der Waals surface area contributed by atoms with Crippen molar-refractivity contribution in [2.24, 2.45) is 0 Å². The molecule has 0 bridgehead atoms. The average Bonchev–Trinajstić information content (AvgIpc) is 3.16. The molecule has 0 aliphatic carbocycles. The first-order chi connectivity index (χ1) is 12.9. The number of amides is 1. The lowest BCUT2D eigenvalue weighted by molar-refractivity contribution is -0.111. The zero-order valence-electron chi connectivity index (χ0n) is 15.6. The van der Waals surface area contributed by atoms with Gasteiger partial charge in [0.1, 0.15) is 21.4 Å². The summed E-state index contributed by atoms with van der Waals surface area (Å²) in [5.41, 5.74) is 0.568. The Labute approximate surface area is 161 Å². The number of esters is 2. The van der Waals surface area contributed by atoms with Gasteiger partial charge in [0.25, 0.3) is 0 Å². The second kappa shape index (κ2) is 9.18. The summed E-state index contributed by atoms with van der Waals surface area (Å²) in [5, 5.41) is 2.86. The van der Waals surface area contributed by atoms with Crippen LogP contribution in [0.1, 0.15) is 51.0 Å². The van der Waals surface area contributed by atoms with E-state index in [1.165, 1.54) is 12.2 Å². The number of aryl methyl sites for hydroxylation is 1. The Hall–Kier alpha value is -2.87. The number of thiophene rings is 1. The number of rotatable bonds is 7. The molecular weight excluding hydrogens is 370 g/mol. The normalized spacial score (nSPS) is 10.8. The molecule has 144 valence electrons. The molecule has 1 amide bonds. The number of hydrogen-bond acceptors (Lipinski definition) is 7. The SMILES string of the molecule is CCOC(=O)c1sc(NC(=O)/C=C/c2ccc(C)o2)c(C(=O)OCC)c1C. The maximum atomic E-state index is 12.3. The third kappa shape index (κ3) is 5.07. The van der Waals surface area contributed by atoms with Crippen LogP contribution in [0.5, 0.6) is 0 Å². The van der Waals surface area contributed by atoms with E-state index in [0.717, 1.165) is 17.1 Å². The summed E-state index contributed by atoms with van der Waals surface area (Å²) in [6.07, 6.45) is 2.80. The Morgan fingerprint density at radius 1 is 1.11 bits per heavy atom. The largest absolute Gasteiger partial charge is 0.462 e. The fraction of sp³-hybridized carbons (Fsp3) is 0.316. The van der Waals surface area contributed by atoms with Gasteiger partial charge in [0.15, 0.2) is 0 Å². The van der Waals surface area contributed by atoms with Gasteiger partial charge in [0, 0.05) is 6.08 Å². The van der Waals surface area contributed by atoms with Crippen LogP contribution < -0.4 is 5.32 Å². The maximum absolute atomic E-state index is 12.3. The summed E-state index contributed by atoms with van der Waals surface area (Å²) < 4.78 is 15.4. The summed E-state index contributed by atoms with van der Waals surface area (Å²) in [5.74, 6) is -0.364. The van der Waals surface area contributed by atoms with Crippen molar-refractivity contribution in [2.45, 2.75) is 27.7 Å². The molecule has 2 aromatic rings. The zero-order valence-corrected chi connectivity index (χ0v) is 16.4. The molecule has 0 saturated heterocycles. The van der Waals surface area contributed by atoms with Gasteiger partial charge in [0.05, 0.1) is 18.8 Å². The van der Waals surface area contributed by atoms with Crippen molar-refractivity contribution < 1.29 is 28.3 Å². The summed E-state index contributed by atoms with van der Waals surface area (Å²) >= 11 is 0.978. The molecular formula is C19H21NO6S. The molecule has 0 aliphatic heterocycles. The third-order valence-electron chi connectivity index (χ3n) is 3.48. The molecule has 0 fully saturated rings. The van der Waals surface area contributed by atoms with E-state index in [0.29, 0.717) is 11.3 Å². The van der Waals surface area contributed by atoms with Crippen molar-refractivity contribution in [1.29, 1.82) is 0 Å². The summed E-state index contributed by atoms with van der Waals surface area (Å²) in [6, 6.07) is 3.52. The highest BCUT2D eigenvalue weighted by Gasteiger charge is 2.27. The van der Waals surface area contributed by atoms with Crippen LogP contribution in [-0.2, 0) is 14.3 Å². The van der Waals surface area contributed by atoms with Gasteiger partial charge in [-0.3, -0.25) is 4.79 Å². The van der Waals surface area contributed by atoms with Crippen molar-refractivity contribution in [3.8, 4) is 0 Å². The molecule has 7 nitrogen and oxygen atoms in total. The molecule has 8 heteroatoms. The molecule has 1 N–H and O–H groups in total. The van der Waals surface area contributed by atoms with Crippen LogP contribution in [-0.4, -0.2) is 31.1 Å². The summed E-state index contributed by atoms with van der Waals surface area (Å²) in [6.45, 7) is 7.17. The summed E-state index contributed by atoms with van der Waals surface area (Å²) in [4.78, 5) is 36.9. The van der Waals surface area contributed by atoms with Crippen molar-refractivity contribution in [2.75, 3.05) is 18.5 Å². The zero-order chi connectivity index (χ0) is 20.0. The fourth-order valence-electron chi connectivity index (χ4n) is 2.30. The van der Waals surface area contributed by atoms with E-state index in [-0.39, 0.29) is 28.7 Å². The number of hydrogen-bond donors (Lipinski definition) is 1. The quantitative estimate of drug-likeness (QED) is 0.567. The van der Waals surface area contributed by atoms with Gasteiger partial charge in [-0.1, -0.05) is 0 Å². The molecule has 0 aromatic carbocycles. The predicted molar refractivity (Wildman–Crippen MR) is 102 cm³/mol. The van der Waals surface area contributed by atoms with E-state index in [4.69, 9.17) is 13.9 Å². The molecule has 2 aromatic heterocycles.